The maximum atomic E-state index is 9.79. The normalized spacial score (nSPS) is 19.0. The van der Waals surface area contributed by atoms with Crippen LogP contribution >= 0.6 is 11.3 Å². The van der Waals surface area contributed by atoms with Crippen molar-refractivity contribution in [1.82, 2.24) is 9.97 Å². The van der Waals surface area contributed by atoms with Gasteiger partial charge in [0.15, 0.2) is 5.13 Å². The van der Waals surface area contributed by atoms with Crippen LogP contribution in [0.5, 0.6) is 11.6 Å². The summed E-state index contributed by atoms with van der Waals surface area (Å²) in [5.74, 6) is 1.79. The molecule has 4 aromatic rings. The third-order valence-corrected chi connectivity index (χ3v) is 6.50. The quantitative estimate of drug-likeness (QED) is 0.402. The summed E-state index contributed by atoms with van der Waals surface area (Å²) in [5, 5.41) is 14.0. The number of nitrogens with zero attached hydrogens (tertiary/aromatic N) is 2. The van der Waals surface area contributed by atoms with Crippen LogP contribution in [0.3, 0.4) is 0 Å². The second-order valence-corrected chi connectivity index (χ2v) is 8.67. The fraction of sp³-hybridized carbons (Fsp3) is 0.250. The monoisotopic (exact) mass is 417 g/mol. The summed E-state index contributed by atoms with van der Waals surface area (Å²) in [6.07, 6.45) is 5.20. The van der Waals surface area contributed by atoms with Crippen molar-refractivity contribution in [3.05, 3.63) is 72.4 Å². The van der Waals surface area contributed by atoms with E-state index in [1.54, 1.807) is 17.5 Å². The minimum atomic E-state index is -0.169. The molecule has 0 radical (unpaired) electrons. The van der Waals surface area contributed by atoms with E-state index in [2.05, 4.69) is 27.4 Å². The van der Waals surface area contributed by atoms with Gasteiger partial charge < -0.3 is 15.2 Å². The summed E-state index contributed by atoms with van der Waals surface area (Å²) in [7, 11) is 0. The molecule has 2 heterocycles. The van der Waals surface area contributed by atoms with Crippen LogP contribution in [0.2, 0.25) is 0 Å². The number of ether oxygens (including phenoxy) is 1. The van der Waals surface area contributed by atoms with Gasteiger partial charge in [0.05, 0.1) is 16.3 Å². The van der Waals surface area contributed by atoms with Crippen molar-refractivity contribution in [1.29, 1.82) is 0 Å². The molecule has 0 aliphatic heterocycles. The molecule has 0 atom stereocenters. The molecule has 2 N–H and O–H groups in total. The van der Waals surface area contributed by atoms with E-state index in [1.807, 2.05) is 48.5 Å². The first-order chi connectivity index (χ1) is 14.7. The van der Waals surface area contributed by atoms with E-state index < -0.39 is 0 Å². The average molecular weight is 418 g/mol. The zero-order valence-electron chi connectivity index (χ0n) is 16.5. The summed E-state index contributed by atoms with van der Waals surface area (Å²) >= 11 is 1.64. The Labute approximate surface area is 179 Å². The molecule has 5 rings (SSSR count). The summed E-state index contributed by atoms with van der Waals surface area (Å²) in [4.78, 5) is 9.09. The van der Waals surface area contributed by atoms with Gasteiger partial charge in [0.2, 0.25) is 5.88 Å². The van der Waals surface area contributed by atoms with E-state index in [0.29, 0.717) is 11.8 Å². The molecule has 6 heteroatoms. The van der Waals surface area contributed by atoms with Crippen molar-refractivity contribution in [3.63, 3.8) is 0 Å². The van der Waals surface area contributed by atoms with E-state index in [0.717, 1.165) is 58.0 Å². The molecule has 152 valence electrons. The Morgan fingerprint density at radius 3 is 2.53 bits per heavy atom. The van der Waals surface area contributed by atoms with E-state index >= 15 is 0 Å². The minimum Gasteiger partial charge on any atom is -0.439 e. The molecular formula is C24H23N3O2S. The van der Waals surface area contributed by atoms with Crippen LogP contribution in [-0.4, -0.2) is 21.2 Å². The average Bonchev–Trinajstić information content (AvgIpc) is 3.18. The number of pyridine rings is 1. The zero-order valence-corrected chi connectivity index (χ0v) is 17.3. The van der Waals surface area contributed by atoms with Gasteiger partial charge in [0.1, 0.15) is 5.75 Å². The van der Waals surface area contributed by atoms with Gasteiger partial charge in [0.25, 0.3) is 0 Å². The molecule has 0 amide bonds. The highest BCUT2D eigenvalue weighted by atomic mass is 32.1. The first-order valence-corrected chi connectivity index (χ1v) is 11.1. The van der Waals surface area contributed by atoms with Crippen LogP contribution < -0.4 is 10.1 Å². The Hall–Kier alpha value is -2.96. The fourth-order valence-electron chi connectivity index (χ4n) is 3.95. The number of aromatic nitrogens is 2. The van der Waals surface area contributed by atoms with E-state index in [9.17, 15) is 5.11 Å². The van der Waals surface area contributed by atoms with Crippen molar-refractivity contribution in [3.8, 4) is 11.6 Å². The molecule has 30 heavy (non-hydrogen) atoms. The maximum absolute atomic E-state index is 9.79. The standard InChI is InChI=1S/C24H23N3O2S/c28-18-11-7-16(8-12-18)20-4-3-15-25-23(20)29-19-13-9-17(10-14-19)26-24-27-21-5-1-2-6-22(21)30-24/h1-6,9-10,13-16,18,28H,7-8,11-12H2,(H,26,27)/t16-,18+. The topological polar surface area (TPSA) is 67.3 Å². The Bertz CT molecular complexity index is 1100. The van der Waals surface area contributed by atoms with Crippen molar-refractivity contribution in [2.75, 3.05) is 5.32 Å². The van der Waals surface area contributed by atoms with E-state index in [1.165, 1.54) is 0 Å². The van der Waals surface area contributed by atoms with Crippen LogP contribution in [0.25, 0.3) is 10.2 Å². The number of aliphatic hydroxyl groups excluding tert-OH is 1. The molecule has 0 saturated heterocycles. The smallest absolute Gasteiger partial charge is 0.222 e. The predicted octanol–water partition coefficient (Wildman–Crippen LogP) is 6.25. The van der Waals surface area contributed by atoms with Gasteiger partial charge in [-0.1, -0.05) is 29.5 Å². The number of hydrogen-bond donors (Lipinski definition) is 2. The largest absolute Gasteiger partial charge is 0.439 e. The van der Waals surface area contributed by atoms with Gasteiger partial charge in [-0.2, -0.15) is 0 Å². The molecule has 1 fully saturated rings. The van der Waals surface area contributed by atoms with Gasteiger partial charge in [0, 0.05) is 17.4 Å². The third-order valence-electron chi connectivity index (χ3n) is 5.55. The van der Waals surface area contributed by atoms with Crippen molar-refractivity contribution < 1.29 is 9.84 Å². The molecule has 1 aliphatic carbocycles. The van der Waals surface area contributed by atoms with E-state index in [-0.39, 0.29) is 6.10 Å². The Morgan fingerprint density at radius 2 is 1.73 bits per heavy atom. The van der Waals surface area contributed by atoms with Crippen molar-refractivity contribution in [2.24, 2.45) is 0 Å². The molecule has 0 spiro atoms. The highest BCUT2D eigenvalue weighted by Crippen LogP contribution is 2.38. The number of thiazole rings is 1. The molecule has 1 aliphatic rings. The summed E-state index contributed by atoms with van der Waals surface area (Å²) in [6.45, 7) is 0. The number of hydrogen-bond acceptors (Lipinski definition) is 6. The fourth-order valence-corrected chi connectivity index (χ4v) is 4.84. The second kappa shape index (κ2) is 8.42. The first-order valence-electron chi connectivity index (χ1n) is 10.3. The number of aliphatic hydroxyl groups is 1. The number of benzene rings is 2. The summed E-state index contributed by atoms with van der Waals surface area (Å²) < 4.78 is 7.29. The van der Waals surface area contributed by atoms with Crippen LogP contribution in [0, 0.1) is 0 Å². The lowest BCUT2D eigenvalue weighted by molar-refractivity contribution is 0.122. The van der Waals surface area contributed by atoms with Crippen LogP contribution in [0.15, 0.2) is 66.9 Å². The van der Waals surface area contributed by atoms with Gasteiger partial charge >= 0.3 is 0 Å². The first kappa shape index (κ1) is 19.0. The lowest BCUT2D eigenvalue weighted by Gasteiger charge is -2.26. The molecular weight excluding hydrogens is 394 g/mol. The Morgan fingerprint density at radius 1 is 0.933 bits per heavy atom. The molecule has 0 unspecified atom stereocenters. The minimum absolute atomic E-state index is 0.169. The number of para-hydroxylation sites is 1. The molecule has 2 aromatic heterocycles. The second-order valence-electron chi connectivity index (χ2n) is 7.64. The summed E-state index contributed by atoms with van der Waals surface area (Å²) in [5.41, 5.74) is 3.09. The number of fused-ring (bicyclic) bond motifs is 1. The number of anilines is 2. The maximum Gasteiger partial charge on any atom is 0.222 e. The highest BCUT2D eigenvalue weighted by molar-refractivity contribution is 7.22. The molecule has 1 saturated carbocycles. The van der Waals surface area contributed by atoms with Crippen molar-refractivity contribution in [2.45, 2.75) is 37.7 Å². The number of nitrogens with one attached hydrogen (secondary N) is 1. The van der Waals surface area contributed by atoms with Gasteiger partial charge in [-0.25, -0.2) is 9.97 Å². The molecule has 2 aromatic carbocycles. The van der Waals surface area contributed by atoms with Crippen LogP contribution in [-0.2, 0) is 0 Å². The van der Waals surface area contributed by atoms with Crippen LogP contribution in [0.4, 0.5) is 10.8 Å². The highest BCUT2D eigenvalue weighted by Gasteiger charge is 2.24. The van der Waals surface area contributed by atoms with E-state index in [4.69, 9.17) is 4.74 Å². The van der Waals surface area contributed by atoms with Gasteiger partial charge in [-0.05, 0) is 74.1 Å². The third kappa shape index (κ3) is 4.15. The lowest BCUT2D eigenvalue weighted by atomic mass is 9.83. The van der Waals surface area contributed by atoms with Gasteiger partial charge in [-0.15, -0.1) is 0 Å². The molecule has 5 nitrogen and oxygen atoms in total. The van der Waals surface area contributed by atoms with Gasteiger partial charge in [-0.3, -0.25) is 0 Å². The number of rotatable bonds is 5. The van der Waals surface area contributed by atoms with Crippen LogP contribution in [0.1, 0.15) is 37.2 Å². The SMILES string of the molecule is O[C@H]1CC[C@@H](c2cccnc2Oc2ccc(Nc3nc4ccccc4s3)cc2)CC1. The molecule has 0 bridgehead atoms. The lowest BCUT2D eigenvalue weighted by Crippen LogP contribution is -2.17. The Balaban J connectivity index is 1.29. The predicted molar refractivity (Wildman–Crippen MR) is 121 cm³/mol. The zero-order chi connectivity index (χ0) is 20.3. The summed E-state index contributed by atoms with van der Waals surface area (Å²) in [6, 6.07) is 20.0. The Kier molecular flexibility index (Phi) is 5.34. The van der Waals surface area contributed by atoms with Crippen molar-refractivity contribution >= 4 is 32.4 Å².